The molecule has 1 aliphatic heterocycles. The minimum atomic E-state index is -1.22. The van der Waals surface area contributed by atoms with Crippen LogP contribution in [-0.2, 0) is 4.74 Å². The normalized spacial score (nSPS) is 49.2. The molecule has 0 bridgehead atoms. The maximum atomic E-state index is 9.32. The minimum absolute atomic E-state index is 0.390. The zero-order valence-corrected chi connectivity index (χ0v) is 6.50. The van der Waals surface area contributed by atoms with Crippen molar-refractivity contribution in [2.75, 3.05) is 6.61 Å². The van der Waals surface area contributed by atoms with Gasteiger partial charge in [-0.1, -0.05) is 0 Å². The average molecular weight is 178 g/mol. The van der Waals surface area contributed by atoms with Crippen molar-refractivity contribution in [3.8, 4) is 0 Å². The first-order valence-electron chi connectivity index (χ1n) is 3.71. The van der Waals surface area contributed by atoms with Crippen molar-refractivity contribution in [3.05, 3.63) is 0 Å². The molecule has 1 rings (SSSR count). The fraction of sp³-hybridized carbons (Fsp3) is 1.00. The van der Waals surface area contributed by atoms with Gasteiger partial charge in [0.25, 0.3) is 0 Å². The fourth-order valence-corrected chi connectivity index (χ4v) is 1.17. The van der Waals surface area contributed by atoms with Crippen LogP contribution in [0.1, 0.15) is 0 Å². The van der Waals surface area contributed by atoms with Gasteiger partial charge < -0.3 is 31.5 Å². The number of aliphatic hydroxyl groups is 3. The Morgan fingerprint density at radius 1 is 1.17 bits per heavy atom. The Morgan fingerprint density at radius 3 is 2.25 bits per heavy atom. The molecule has 5 atom stereocenters. The van der Waals surface area contributed by atoms with Crippen molar-refractivity contribution in [1.82, 2.24) is 0 Å². The van der Waals surface area contributed by atoms with Gasteiger partial charge in [-0.3, -0.25) is 0 Å². The lowest BCUT2D eigenvalue weighted by Crippen LogP contribution is -2.65. The SMILES string of the molecule is N[C@@H]1[C@@H](N)[C@H](O)O[C@H](CO)[C@H]1O. The van der Waals surface area contributed by atoms with Crippen molar-refractivity contribution in [1.29, 1.82) is 0 Å². The Hall–Kier alpha value is -0.240. The van der Waals surface area contributed by atoms with Crippen molar-refractivity contribution in [2.45, 2.75) is 30.6 Å². The number of hydrogen-bond donors (Lipinski definition) is 5. The van der Waals surface area contributed by atoms with Crippen LogP contribution >= 0.6 is 0 Å². The molecule has 0 aromatic rings. The molecule has 72 valence electrons. The Bertz CT molecular complexity index is 152. The van der Waals surface area contributed by atoms with E-state index in [0.29, 0.717) is 0 Å². The summed E-state index contributed by atoms with van der Waals surface area (Å²) in [7, 11) is 0. The summed E-state index contributed by atoms with van der Waals surface area (Å²) >= 11 is 0. The Kier molecular flexibility index (Phi) is 2.99. The lowest BCUT2D eigenvalue weighted by molar-refractivity contribution is -0.221. The van der Waals surface area contributed by atoms with E-state index in [0.717, 1.165) is 0 Å². The van der Waals surface area contributed by atoms with E-state index in [1.54, 1.807) is 0 Å². The molecule has 1 saturated heterocycles. The largest absolute Gasteiger partial charge is 0.394 e. The molecule has 6 nitrogen and oxygen atoms in total. The van der Waals surface area contributed by atoms with Gasteiger partial charge in [0.1, 0.15) is 6.10 Å². The van der Waals surface area contributed by atoms with Crippen molar-refractivity contribution >= 4 is 0 Å². The Balaban J connectivity index is 2.63. The number of rotatable bonds is 1. The summed E-state index contributed by atoms with van der Waals surface area (Å²) in [5.74, 6) is 0. The van der Waals surface area contributed by atoms with E-state index in [4.69, 9.17) is 26.4 Å². The maximum Gasteiger partial charge on any atom is 0.171 e. The lowest BCUT2D eigenvalue weighted by Gasteiger charge is -2.38. The second-order valence-corrected chi connectivity index (χ2v) is 2.89. The van der Waals surface area contributed by atoms with Crippen molar-refractivity contribution < 1.29 is 20.1 Å². The third kappa shape index (κ3) is 1.58. The first kappa shape index (κ1) is 9.85. The molecule has 0 radical (unpaired) electrons. The molecule has 0 spiro atoms. The minimum Gasteiger partial charge on any atom is -0.394 e. The quantitative estimate of drug-likeness (QED) is 0.287. The average Bonchev–Trinajstić information content (AvgIpc) is 2.08. The standard InChI is InChI=1S/C6H14N2O4/c7-3-4(8)6(11)12-2(1-9)5(3)10/h2-6,9-11H,1,7-8H2/t2-,3-,4-,5-,6-/m1/s1. The summed E-state index contributed by atoms with van der Waals surface area (Å²) in [6.07, 6.45) is -3.11. The van der Waals surface area contributed by atoms with Gasteiger partial charge in [-0.15, -0.1) is 0 Å². The zero-order chi connectivity index (χ0) is 9.30. The molecular formula is C6H14N2O4. The molecule has 12 heavy (non-hydrogen) atoms. The predicted octanol–water partition coefficient (Wildman–Crippen LogP) is -3.29. The molecule has 0 amide bonds. The lowest BCUT2D eigenvalue weighted by atomic mass is 9.96. The molecule has 1 heterocycles. The molecule has 0 aromatic heterocycles. The molecule has 0 saturated carbocycles. The highest BCUT2D eigenvalue weighted by atomic mass is 16.6. The number of aliphatic hydroxyl groups excluding tert-OH is 3. The molecular weight excluding hydrogens is 164 g/mol. The van der Waals surface area contributed by atoms with Crippen molar-refractivity contribution in [2.24, 2.45) is 11.5 Å². The van der Waals surface area contributed by atoms with E-state index in [1.165, 1.54) is 0 Å². The van der Waals surface area contributed by atoms with E-state index < -0.39 is 37.2 Å². The number of hydrogen-bond acceptors (Lipinski definition) is 6. The smallest absolute Gasteiger partial charge is 0.171 e. The molecule has 1 aliphatic rings. The fourth-order valence-electron chi connectivity index (χ4n) is 1.17. The van der Waals surface area contributed by atoms with Crippen LogP contribution in [0.25, 0.3) is 0 Å². The highest BCUT2D eigenvalue weighted by molar-refractivity contribution is 4.93. The van der Waals surface area contributed by atoms with Gasteiger partial charge in [0.05, 0.1) is 24.8 Å². The maximum absolute atomic E-state index is 9.32. The Labute approximate surface area is 69.7 Å². The molecule has 0 aromatic carbocycles. The highest BCUT2D eigenvalue weighted by Crippen LogP contribution is 2.16. The second kappa shape index (κ2) is 3.65. The van der Waals surface area contributed by atoms with Gasteiger partial charge in [-0.25, -0.2) is 0 Å². The highest BCUT2D eigenvalue weighted by Gasteiger charge is 2.40. The van der Waals surface area contributed by atoms with E-state index in [1.807, 2.05) is 0 Å². The van der Waals surface area contributed by atoms with Gasteiger partial charge in [0.15, 0.2) is 6.29 Å². The predicted molar refractivity (Wildman–Crippen MR) is 39.9 cm³/mol. The summed E-state index contributed by atoms with van der Waals surface area (Å²) in [4.78, 5) is 0. The molecule has 0 unspecified atom stereocenters. The third-order valence-corrected chi connectivity index (χ3v) is 2.04. The van der Waals surface area contributed by atoms with Crippen LogP contribution in [0.4, 0.5) is 0 Å². The topological polar surface area (TPSA) is 122 Å². The van der Waals surface area contributed by atoms with E-state index in [9.17, 15) is 5.11 Å². The first-order valence-corrected chi connectivity index (χ1v) is 3.71. The summed E-state index contributed by atoms with van der Waals surface area (Å²) in [5, 5.41) is 27.1. The van der Waals surface area contributed by atoms with Crippen LogP contribution in [0.15, 0.2) is 0 Å². The summed E-state index contributed by atoms with van der Waals surface area (Å²) in [6, 6.07) is -1.59. The molecule has 0 aliphatic carbocycles. The van der Waals surface area contributed by atoms with E-state index in [2.05, 4.69) is 0 Å². The van der Waals surface area contributed by atoms with Gasteiger partial charge in [0.2, 0.25) is 0 Å². The van der Waals surface area contributed by atoms with Gasteiger partial charge >= 0.3 is 0 Å². The number of ether oxygens (including phenoxy) is 1. The van der Waals surface area contributed by atoms with Crippen LogP contribution < -0.4 is 11.5 Å². The Morgan fingerprint density at radius 2 is 1.75 bits per heavy atom. The zero-order valence-electron chi connectivity index (χ0n) is 6.50. The third-order valence-electron chi connectivity index (χ3n) is 2.04. The van der Waals surface area contributed by atoms with Crippen molar-refractivity contribution in [3.63, 3.8) is 0 Å². The van der Waals surface area contributed by atoms with Gasteiger partial charge in [-0.2, -0.15) is 0 Å². The van der Waals surface area contributed by atoms with E-state index in [-0.39, 0.29) is 0 Å². The van der Waals surface area contributed by atoms with E-state index >= 15 is 0 Å². The first-order chi connectivity index (χ1) is 5.57. The van der Waals surface area contributed by atoms with Crippen LogP contribution in [0.3, 0.4) is 0 Å². The molecule has 7 N–H and O–H groups in total. The summed E-state index contributed by atoms with van der Waals surface area (Å²) < 4.78 is 4.78. The van der Waals surface area contributed by atoms with Crippen LogP contribution in [-0.4, -0.2) is 52.5 Å². The van der Waals surface area contributed by atoms with Crippen LogP contribution in [0.5, 0.6) is 0 Å². The molecule has 6 heteroatoms. The molecule has 1 fully saturated rings. The van der Waals surface area contributed by atoms with Crippen LogP contribution in [0.2, 0.25) is 0 Å². The van der Waals surface area contributed by atoms with Gasteiger partial charge in [-0.05, 0) is 0 Å². The second-order valence-electron chi connectivity index (χ2n) is 2.89. The van der Waals surface area contributed by atoms with Gasteiger partial charge in [0, 0.05) is 0 Å². The monoisotopic (exact) mass is 178 g/mol. The number of nitrogens with two attached hydrogens (primary N) is 2. The summed E-state index contributed by atoms with van der Waals surface area (Å²) in [5.41, 5.74) is 10.8. The summed E-state index contributed by atoms with van der Waals surface area (Å²) in [6.45, 7) is -0.390. The van der Waals surface area contributed by atoms with Crippen LogP contribution in [0, 0.1) is 0 Å².